The molecule has 0 atom stereocenters. The first-order valence-corrected chi connectivity index (χ1v) is 8.53. The number of carboxylic acids is 1. The van der Waals surface area contributed by atoms with Gasteiger partial charge in [-0.05, 0) is 67.6 Å². The highest BCUT2D eigenvalue weighted by molar-refractivity contribution is 7.92. The molecule has 23 heavy (non-hydrogen) atoms. The molecule has 0 heterocycles. The van der Waals surface area contributed by atoms with Gasteiger partial charge in [0.25, 0.3) is 10.0 Å². The highest BCUT2D eigenvalue weighted by atomic mass is 32.2. The normalized spacial score (nSPS) is 11.3. The van der Waals surface area contributed by atoms with Crippen molar-refractivity contribution in [3.8, 4) is 0 Å². The van der Waals surface area contributed by atoms with E-state index in [-0.39, 0.29) is 16.1 Å². The van der Waals surface area contributed by atoms with Crippen LogP contribution in [0.1, 0.15) is 32.6 Å². The minimum Gasteiger partial charge on any atom is -0.545 e. The van der Waals surface area contributed by atoms with Crippen LogP contribution in [0.4, 0.5) is 5.69 Å². The van der Waals surface area contributed by atoms with E-state index in [2.05, 4.69) is 4.72 Å². The lowest BCUT2D eigenvalue weighted by molar-refractivity contribution is -0.255. The number of hydrogen-bond donors (Lipinski definition) is 1. The van der Waals surface area contributed by atoms with E-state index in [1.54, 1.807) is 13.8 Å². The zero-order chi connectivity index (χ0) is 17.4. The first-order chi connectivity index (χ1) is 10.6. The first kappa shape index (κ1) is 17.0. The summed E-state index contributed by atoms with van der Waals surface area (Å²) >= 11 is 0. The molecule has 0 aliphatic rings. The van der Waals surface area contributed by atoms with Gasteiger partial charge in [0.05, 0.1) is 10.9 Å². The van der Waals surface area contributed by atoms with Crippen molar-refractivity contribution < 1.29 is 18.3 Å². The predicted octanol–water partition coefficient (Wildman–Crippen LogP) is 2.08. The van der Waals surface area contributed by atoms with Crippen LogP contribution in [0, 0.1) is 27.7 Å². The van der Waals surface area contributed by atoms with Crippen molar-refractivity contribution in [2.75, 3.05) is 4.72 Å². The molecule has 5 nitrogen and oxygen atoms in total. The maximum atomic E-state index is 12.8. The number of aromatic carboxylic acids is 1. The number of carbonyl (C=O) groups excluding carboxylic acids is 1. The number of sulfonamides is 1. The lowest BCUT2D eigenvalue weighted by atomic mass is 10.0. The summed E-state index contributed by atoms with van der Waals surface area (Å²) < 4.78 is 28.0. The van der Waals surface area contributed by atoms with Gasteiger partial charge in [0.2, 0.25) is 0 Å². The molecular weight excluding hydrogens is 314 g/mol. The van der Waals surface area contributed by atoms with E-state index in [4.69, 9.17) is 0 Å². The van der Waals surface area contributed by atoms with Crippen molar-refractivity contribution in [2.45, 2.75) is 32.6 Å². The van der Waals surface area contributed by atoms with Gasteiger partial charge < -0.3 is 9.90 Å². The Morgan fingerprint density at radius 3 is 2.09 bits per heavy atom. The topological polar surface area (TPSA) is 86.3 Å². The average molecular weight is 332 g/mol. The van der Waals surface area contributed by atoms with Crippen LogP contribution in [-0.2, 0) is 10.0 Å². The van der Waals surface area contributed by atoms with Gasteiger partial charge in [-0.15, -0.1) is 0 Å². The van der Waals surface area contributed by atoms with Crippen molar-refractivity contribution in [3.63, 3.8) is 0 Å². The number of benzene rings is 2. The maximum absolute atomic E-state index is 12.8. The van der Waals surface area contributed by atoms with Crippen LogP contribution < -0.4 is 9.83 Å². The monoisotopic (exact) mass is 332 g/mol. The van der Waals surface area contributed by atoms with Gasteiger partial charge in [0, 0.05) is 5.69 Å². The van der Waals surface area contributed by atoms with E-state index < -0.39 is 16.0 Å². The van der Waals surface area contributed by atoms with E-state index in [1.807, 2.05) is 19.9 Å². The zero-order valence-corrected chi connectivity index (χ0v) is 14.2. The largest absolute Gasteiger partial charge is 0.545 e. The molecule has 1 N–H and O–H groups in total. The fourth-order valence-corrected chi connectivity index (χ4v) is 4.17. The number of aryl methyl sites for hydroxylation is 2. The highest BCUT2D eigenvalue weighted by Crippen LogP contribution is 2.28. The number of carbonyl (C=O) groups is 1. The molecular formula is C17H18NO4S-. The summed E-state index contributed by atoms with van der Waals surface area (Å²) in [5, 5.41) is 10.9. The van der Waals surface area contributed by atoms with Crippen LogP contribution in [0.25, 0.3) is 0 Å². The number of carboxylic acid groups (broad SMARTS) is 1. The van der Waals surface area contributed by atoms with Crippen LogP contribution in [-0.4, -0.2) is 14.4 Å². The Hall–Kier alpha value is -2.34. The molecule has 0 saturated heterocycles. The van der Waals surface area contributed by atoms with Gasteiger partial charge in [-0.25, -0.2) is 8.42 Å². The predicted molar refractivity (Wildman–Crippen MR) is 87.0 cm³/mol. The molecule has 122 valence electrons. The summed E-state index contributed by atoms with van der Waals surface area (Å²) in [7, 11) is -3.83. The van der Waals surface area contributed by atoms with Crippen LogP contribution >= 0.6 is 0 Å². The van der Waals surface area contributed by atoms with Crippen molar-refractivity contribution in [2.24, 2.45) is 0 Å². The van der Waals surface area contributed by atoms with E-state index in [1.165, 1.54) is 24.3 Å². The van der Waals surface area contributed by atoms with Crippen molar-refractivity contribution in [1.29, 1.82) is 0 Å². The molecule has 2 rings (SSSR count). The molecule has 0 aliphatic heterocycles. The minimum absolute atomic E-state index is 0.0842. The lowest BCUT2D eigenvalue weighted by Gasteiger charge is -2.17. The summed E-state index contributed by atoms with van der Waals surface area (Å²) in [4.78, 5) is 11.1. The third kappa shape index (κ3) is 3.37. The van der Waals surface area contributed by atoms with Gasteiger partial charge in [0.15, 0.2) is 0 Å². The molecule has 0 fully saturated rings. The van der Waals surface area contributed by atoms with E-state index >= 15 is 0 Å². The zero-order valence-electron chi connectivity index (χ0n) is 13.4. The van der Waals surface area contributed by atoms with Crippen LogP contribution in [0.3, 0.4) is 0 Å². The summed E-state index contributed by atoms with van der Waals surface area (Å²) in [5.74, 6) is -1.36. The van der Waals surface area contributed by atoms with Crippen molar-refractivity contribution in [3.05, 3.63) is 58.1 Å². The number of nitrogens with one attached hydrogen (secondary N) is 1. The molecule has 0 spiro atoms. The first-order valence-electron chi connectivity index (χ1n) is 7.05. The second-order valence-electron chi connectivity index (χ2n) is 5.56. The molecule has 0 unspecified atom stereocenters. The van der Waals surface area contributed by atoms with E-state index in [9.17, 15) is 18.3 Å². The van der Waals surface area contributed by atoms with E-state index in [0.717, 1.165) is 11.1 Å². The second kappa shape index (κ2) is 6.04. The van der Waals surface area contributed by atoms with Gasteiger partial charge >= 0.3 is 0 Å². The third-order valence-corrected chi connectivity index (χ3v) is 5.57. The standard InChI is InChI=1S/C17H19NO4S/c1-10-8-11(2)13(4)16(12(10)3)23(21,22)18-15-7-5-6-14(9-15)17(19)20/h5-9,18H,1-4H3,(H,19,20)/p-1. The molecule has 6 heteroatoms. The summed E-state index contributed by atoms with van der Waals surface area (Å²) in [6.45, 7) is 7.23. The maximum Gasteiger partial charge on any atom is 0.262 e. The van der Waals surface area contributed by atoms with Crippen molar-refractivity contribution in [1.82, 2.24) is 0 Å². The molecule has 0 aromatic heterocycles. The van der Waals surface area contributed by atoms with Gasteiger partial charge in [-0.1, -0.05) is 18.2 Å². The smallest absolute Gasteiger partial charge is 0.262 e. The number of anilines is 1. The van der Waals surface area contributed by atoms with Crippen molar-refractivity contribution >= 4 is 21.7 Å². The molecule has 2 aromatic carbocycles. The quantitative estimate of drug-likeness (QED) is 0.929. The molecule has 0 saturated carbocycles. The molecule has 2 aromatic rings. The Balaban J connectivity index is 2.53. The van der Waals surface area contributed by atoms with Crippen LogP contribution in [0.2, 0.25) is 0 Å². The number of rotatable bonds is 4. The van der Waals surface area contributed by atoms with Gasteiger partial charge in [-0.3, -0.25) is 4.72 Å². The summed E-state index contributed by atoms with van der Waals surface area (Å²) in [6.07, 6.45) is 0. The third-order valence-electron chi connectivity index (χ3n) is 3.92. The fourth-order valence-electron chi connectivity index (χ4n) is 2.50. The van der Waals surface area contributed by atoms with Crippen LogP contribution in [0.15, 0.2) is 35.2 Å². The molecule has 0 radical (unpaired) electrons. The second-order valence-corrected chi connectivity index (χ2v) is 7.18. The average Bonchev–Trinajstić information content (AvgIpc) is 2.45. The van der Waals surface area contributed by atoms with Gasteiger partial charge in [-0.2, -0.15) is 0 Å². The Morgan fingerprint density at radius 1 is 1.00 bits per heavy atom. The molecule has 0 aliphatic carbocycles. The minimum atomic E-state index is -3.83. The molecule has 0 bridgehead atoms. The Morgan fingerprint density at radius 2 is 1.57 bits per heavy atom. The Bertz CT molecular complexity index is 859. The van der Waals surface area contributed by atoms with Crippen LogP contribution in [0.5, 0.6) is 0 Å². The van der Waals surface area contributed by atoms with E-state index in [0.29, 0.717) is 11.1 Å². The summed E-state index contributed by atoms with van der Waals surface area (Å²) in [6, 6.07) is 7.49. The highest BCUT2D eigenvalue weighted by Gasteiger charge is 2.22. The summed E-state index contributed by atoms with van der Waals surface area (Å²) in [5.41, 5.74) is 3.23. The Kier molecular flexibility index (Phi) is 4.47. The SMILES string of the molecule is Cc1cc(C)c(C)c(S(=O)(=O)Nc2cccc(C(=O)[O-])c2)c1C. The Labute approximate surface area is 136 Å². The molecule has 0 amide bonds. The fraction of sp³-hybridized carbons (Fsp3) is 0.235. The lowest BCUT2D eigenvalue weighted by Crippen LogP contribution is -2.22. The van der Waals surface area contributed by atoms with Gasteiger partial charge in [0.1, 0.15) is 0 Å². The number of hydrogen-bond acceptors (Lipinski definition) is 4.